The summed E-state index contributed by atoms with van der Waals surface area (Å²) in [4.78, 5) is 0. The van der Waals surface area contributed by atoms with Crippen LogP contribution in [0.3, 0.4) is 0 Å². The minimum absolute atomic E-state index is 1.00. The predicted molar refractivity (Wildman–Crippen MR) is 47.8 cm³/mol. The highest BCUT2D eigenvalue weighted by Crippen LogP contribution is 2.15. The van der Waals surface area contributed by atoms with Gasteiger partial charge in [-0.15, -0.1) is 13.2 Å². The molecule has 0 aromatic rings. The van der Waals surface area contributed by atoms with Crippen molar-refractivity contribution >= 4 is 0 Å². The van der Waals surface area contributed by atoms with Gasteiger partial charge in [-0.05, 0) is 12.8 Å². The molecule has 0 fully saturated rings. The molecule has 10 heavy (non-hydrogen) atoms. The lowest BCUT2D eigenvalue weighted by atomic mass is 9.99. The van der Waals surface area contributed by atoms with Gasteiger partial charge in [0.15, 0.2) is 0 Å². The molecule has 0 nitrogen and oxygen atoms in total. The first-order chi connectivity index (χ1) is 4.85. The minimum Gasteiger partial charge on any atom is -0.103 e. The molecule has 0 amide bonds. The zero-order chi connectivity index (χ0) is 7.82. The molecule has 0 aliphatic heterocycles. The Morgan fingerprint density at radius 1 is 1.40 bits per heavy atom. The van der Waals surface area contributed by atoms with E-state index in [0.29, 0.717) is 0 Å². The highest BCUT2D eigenvalue weighted by Gasteiger charge is 1.99. The summed E-state index contributed by atoms with van der Waals surface area (Å²) in [6.07, 6.45) is 8.61. The summed E-state index contributed by atoms with van der Waals surface area (Å²) in [6, 6.07) is 0. The average Bonchev–Trinajstić information content (AvgIpc) is 1.98. The van der Waals surface area contributed by atoms with Gasteiger partial charge in [0, 0.05) is 5.92 Å². The van der Waals surface area contributed by atoms with Crippen LogP contribution in [-0.2, 0) is 0 Å². The Balaban J connectivity index is 3.38. The van der Waals surface area contributed by atoms with Crippen molar-refractivity contribution in [1.29, 1.82) is 0 Å². The summed E-state index contributed by atoms with van der Waals surface area (Å²) in [5.74, 6) is 1.41. The standard InChI is InChI=1S/C10H17/c1-4-7-9-10(6-3)8-5-2/h5-6H,2-4,7-9H2,1H3. The lowest BCUT2D eigenvalue weighted by Crippen LogP contribution is -1.90. The second-order valence-electron chi connectivity index (χ2n) is 2.46. The smallest absolute Gasteiger partial charge is 0.000718 e. The van der Waals surface area contributed by atoms with Crippen LogP contribution in [0.25, 0.3) is 0 Å². The van der Waals surface area contributed by atoms with Gasteiger partial charge in [0.1, 0.15) is 0 Å². The molecule has 1 radical (unpaired) electrons. The molecular weight excluding hydrogens is 120 g/mol. The number of unbranched alkanes of at least 4 members (excludes halogenated alkanes) is 1. The Labute approximate surface area is 64.6 Å². The summed E-state index contributed by atoms with van der Waals surface area (Å²) in [5, 5.41) is 0. The molecule has 0 aromatic carbocycles. The number of hydrogen-bond acceptors (Lipinski definition) is 0. The molecule has 0 spiro atoms. The van der Waals surface area contributed by atoms with E-state index >= 15 is 0 Å². The quantitative estimate of drug-likeness (QED) is 0.491. The summed E-state index contributed by atoms with van der Waals surface area (Å²) in [7, 11) is 0. The van der Waals surface area contributed by atoms with Crippen molar-refractivity contribution in [3.05, 3.63) is 31.2 Å². The van der Waals surface area contributed by atoms with Crippen molar-refractivity contribution in [2.24, 2.45) is 0 Å². The third-order valence-electron chi connectivity index (χ3n) is 1.55. The van der Waals surface area contributed by atoms with Crippen LogP contribution >= 0.6 is 0 Å². The van der Waals surface area contributed by atoms with E-state index in [4.69, 9.17) is 0 Å². The first-order valence-electron chi connectivity index (χ1n) is 3.93. The molecule has 0 N–H and O–H groups in total. The lowest BCUT2D eigenvalue weighted by Gasteiger charge is -2.06. The monoisotopic (exact) mass is 137 g/mol. The van der Waals surface area contributed by atoms with E-state index in [1.807, 2.05) is 12.2 Å². The number of allylic oxidation sites excluding steroid dienone is 2. The SMILES string of the molecule is C=CC[C](C=C)CCCC. The third kappa shape index (κ3) is 4.37. The minimum atomic E-state index is 1.00. The molecule has 0 aliphatic carbocycles. The second kappa shape index (κ2) is 6.60. The predicted octanol–water partition coefficient (Wildman–Crippen LogP) is 3.51. The van der Waals surface area contributed by atoms with Gasteiger partial charge in [-0.3, -0.25) is 0 Å². The van der Waals surface area contributed by atoms with Crippen LogP contribution in [0.15, 0.2) is 25.3 Å². The fourth-order valence-electron chi connectivity index (χ4n) is 0.877. The van der Waals surface area contributed by atoms with Gasteiger partial charge in [0.25, 0.3) is 0 Å². The van der Waals surface area contributed by atoms with Gasteiger partial charge in [-0.2, -0.15) is 0 Å². The first-order valence-corrected chi connectivity index (χ1v) is 3.93. The van der Waals surface area contributed by atoms with Gasteiger partial charge < -0.3 is 0 Å². The van der Waals surface area contributed by atoms with Crippen molar-refractivity contribution in [2.45, 2.75) is 32.6 Å². The average molecular weight is 137 g/mol. The molecule has 0 saturated heterocycles. The van der Waals surface area contributed by atoms with E-state index in [-0.39, 0.29) is 0 Å². The molecule has 0 rings (SSSR count). The lowest BCUT2D eigenvalue weighted by molar-refractivity contribution is 0.732. The Bertz CT molecular complexity index is 92.2. The van der Waals surface area contributed by atoms with Crippen LogP contribution in [0.1, 0.15) is 32.6 Å². The Hall–Kier alpha value is -0.520. The largest absolute Gasteiger partial charge is 0.103 e. The van der Waals surface area contributed by atoms with E-state index in [2.05, 4.69) is 20.1 Å². The molecule has 0 heteroatoms. The van der Waals surface area contributed by atoms with Gasteiger partial charge >= 0.3 is 0 Å². The fourth-order valence-corrected chi connectivity index (χ4v) is 0.877. The van der Waals surface area contributed by atoms with Crippen LogP contribution < -0.4 is 0 Å². The van der Waals surface area contributed by atoms with Crippen LogP contribution in [0, 0.1) is 5.92 Å². The topological polar surface area (TPSA) is 0 Å². The summed E-state index contributed by atoms with van der Waals surface area (Å²) >= 11 is 0. The van der Waals surface area contributed by atoms with Gasteiger partial charge in [-0.25, -0.2) is 0 Å². The summed E-state index contributed by atoms with van der Waals surface area (Å²) < 4.78 is 0. The molecule has 57 valence electrons. The molecule has 0 atom stereocenters. The number of hydrogen-bond donors (Lipinski definition) is 0. The van der Waals surface area contributed by atoms with E-state index < -0.39 is 0 Å². The van der Waals surface area contributed by atoms with Crippen molar-refractivity contribution in [3.63, 3.8) is 0 Å². The van der Waals surface area contributed by atoms with E-state index in [1.165, 1.54) is 25.2 Å². The maximum absolute atomic E-state index is 3.75. The zero-order valence-corrected chi connectivity index (χ0v) is 6.90. The summed E-state index contributed by atoms with van der Waals surface area (Å²) in [6.45, 7) is 9.64. The summed E-state index contributed by atoms with van der Waals surface area (Å²) in [5.41, 5.74) is 0. The Morgan fingerprint density at radius 2 is 2.10 bits per heavy atom. The van der Waals surface area contributed by atoms with Crippen LogP contribution in [0.4, 0.5) is 0 Å². The third-order valence-corrected chi connectivity index (χ3v) is 1.55. The van der Waals surface area contributed by atoms with Gasteiger partial charge in [0.05, 0.1) is 0 Å². The fraction of sp³-hybridized carbons (Fsp3) is 0.500. The van der Waals surface area contributed by atoms with E-state index in [1.54, 1.807) is 0 Å². The van der Waals surface area contributed by atoms with E-state index in [0.717, 1.165) is 6.42 Å². The van der Waals surface area contributed by atoms with Crippen molar-refractivity contribution in [1.82, 2.24) is 0 Å². The van der Waals surface area contributed by atoms with Gasteiger partial charge in [-0.1, -0.05) is 31.9 Å². The highest BCUT2D eigenvalue weighted by atomic mass is 14.0. The van der Waals surface area contributed by atoms with Crippen molar-refractivity contribution in [3.8, 4) is 0 Å². The molecule has 0 aromatic heterocycles. The zero-order valence-electron chi connectivity index (χ0n) is 6.90. The molecule has 0 unspecified atom stereocenters. The van der Waals surface area contributed by atoms with Crippen molar-refractivity contribution < 1.29 is 0 Å². The Kier molecular flexibility index (Phi) is 6.25. The normalized spacial score (nSPS) is 9.80. The molecule has 0 heterocycles. The highest BCUT2D eigenvalue weighted by molar-refractivity contribution is 5.08. The van der Waals surface area contributed by atoms with Crippen LogP contribution in [-0.4, -0.2) is 0 Å². The van der Waals surface area contributed by atoms with E-state index in [9.17, 15) is 0 Å². The maximum atomic E-state index is 3.75. The Morgan fingerprint density at radius 3 is 2.50 bits per heavy atom. The first kappa shape index (κ1) is 9.48. The van der Waals surface area contributed by atoms with Crippen LogP contribution in [0.5, 0.6) is 0 Å². The molecule has 0 bridgehead atoms. The molecule has 0 aliphatic rings. The van der Waals surface area contributed by atoms with Crippen molar-refractivity contribution in [2.75, 3.05) is 0 Å². The van der Waals surface area contributed by atoms with Crippen LogP contribution in [0.2, 0.25) is 0 Å². The number of rotatable bonds is 6. The molecule has 0 saturated carbocycles. The molecular formula is C10H17. The maximum Gasteiger partial charge on any atom is 0.000718 e. The second-order valence-corrected chi connectivity index (χ2v) is 2.46. The van der Waals surface area contributed by atoms with Gasteiger partial charge in [0.2, 0.25) is 0 Å².